The number of hydrogen-bond acceptors (Lipinski definition) is 7. The molecule has 0 bridgehead atoms. The van der Waals surface area contributed by atoms with Crippen LogP contribution in [0.15, 0.2) is 36.4 Å². The van der Waals surface area contributed by atoms with Crippen molar-refractivity contribution >= 4 is 18.4 Å². The molecule has 2 aromatic rings. The van der Waals surface area contributed by atoms with E-state index < -0.39 is 30.6 Å². The Hall–Kier alpha value is -1.91. The number of ether oxygens (including phenoxy) is 3. The lowest BCUT2D eigenvalue weighted by Gasteiger charge is -2.42. The smallest absolute Gasteiger partial charge is 0.264 e. The number of fused-ring (bicyclic) bond motifs is 1. The average molecular weight is 551 g/mol. The molecule has 7 nitrogen and oxygen atoms in total. The fourth-order valence-corrected chi connectivity index (χ4v) is 6.03. The summed E-state index contributed by atoms with van der Waals surface area (Å²) >= 11 is 0. The summed E-state index contributed by atoms with van der Waals surface area (Å²) in [6.07, 6.45) is 1.15. The Bertz CT molecular complexity index is 1140. The average Bonchev–Trinajstić information content (AvgIpc) is 3.22. The van der Waals surface area contributed by atoms with Crippen LogP contribution in [0, 0.1) is 6.92 Å². The number of hydrogen-bond donors (Lipinski definition) is 0. The minimum atomic E-state index is -3.70. The zero-order valence-corrected chi connectivity index (χ0v) is 25.4. The molecule has 0 radical (unpaired) electrons. The van der Waals surface area contributed by atoms with E-state index >= 15 is 0 Å². The first-order valence-electron chi connectivity index (χ1n) is 12.6. The van der Waals surface area contributed by atoms with Gasteiger partial charge < -0.3 is 18.6 Å². The lowest BCUT2D eigenvalue weighted by atomic mass is 10.0. The topological polar surface area (TPSA) is 80.3 Å². The summed E-state index contributed by atoms with van der Waals surface area (Å²) < 4.78 is 54.4. The zero-order chi connectivity index (χ0) is 27.6. The van der Waals surface area contributed by atoms with Gasteiger partial charge in [0.2, 0.25) is 0 Å². The van der Waals surface area contributed by atoms with Crippen LogP contribution in [0.25, 0.3) is 0 Å². The molecule has 0 fully saturated rings. The van der Waals surface area contributed by atoms with Gasteiger partial charge in [-0.1, -0.05) is 45.0 Å². The highest BCUT2D eigenvalue weighted by atomic mass is 32.2. The third-order valence-electron chi connectivity index (χ3n) is 7.50. The highest BCUT2D eigenvalue weighted by Gasteiger charge is 2.43. The fourth-order valence-electron chi connectivity index (χ4n) is 4.37. The van der Waals surface area contributed by atoms with Crippen LogP contribution in [-0.2, 0) is 36.3 Å². The Kier molecular flexibility index (Phi) is 9.17. The molecular weight excluding hydrogens is 508 g/mol. The zero-order valence-electron chi connectivity index (χ0n) is 23.6. The van der Waals surface area contributed by atoms with Crippen molar-refractivity contribution in [1.29, 1.82) is 0 Å². The van der Waals surface area contributed by atoms with Crippen molar-refractivity contribution < 1.29 is 31.2 Å². The minimum Gasteiger partial charge on any atom is -0.496 e. The molecule has 0 heterocycles. The number of rotatable bonds is 11. The Morgan fingerprint density at radius 3 is 1.95 bits per heavy atom. The molecule has 0 N–H and O–H groups in total. The van der Waals surface area contributed by atoms with E-state index in [1.807, 2.05) is 31.2 Å². The van der Waals surface area contributed by atoms with Crippen LogP contribution in [0.4, 0.5) is 0 Å². The predicted octanol–water partition coefficient (Wildman–Crippen LogP) is 5.60. The number of methoxy groups -OCH3 is 2. The molecule has 1 aliphatic rings. The summed E-state index contributed by atoms with van der Waals surface area (Å²) in [5.74, 6) is 1.32. The van der Waals surface area contributed by atoms with Crippen LogP contribution in [0.5, 0.6) is 11.5 Å². The second-order valence-corrected chi connectivity index (χ2v) is 17.7. The molecule has 0 unspecified atom stereocenters. The first kappa shape index (κ1) is 29.6. The van der Waals surface area contributed by atoms with E-state index in [-0.39, 0.29) is 17.7 Å². The van der Waals surface area contributed by atoms with Crippen LogP contribution in [-0.4, -0.2) is 56.0 Å². The van der Waals surface area contributed by atoms with Crippen LogP contribution in [0.3, 0.4) is 0 Å². The van der Waals surface area contributed by atoms with Gasteiger partial charge in [-0.05, 0) is 66.7 Å². The molecule has 0 spiro atoms. The van der Waals surface area contributed by atoms with E-state index in [9.17, 15) is 8.42 Å². The van der Waals surface area contributed by atoms with Crippen molar-refractivity contribution in [1.82, 2.24) is 0 Å². The molecule has 0 amide bonds. The van der Waals surface area contributed by atoms with Crippen molar-refractivity contribution in [2.24, 2.45) is 0 Å². The molecule has 3 rings (SSSR count). The van der Waals surface area contributed by atoms with Gasteiger partial charge in [0.25, 0.3) is 10.1 Å². The first-order chi connectivity index (χ1) is 17.1. The van der Waals surface area contributed by atoms with Gasteiger partial charge >= 0.3 is 0 Å². The van der Waals surface area contributed by atoms with Crippen LogP contribution < -0.4 is 9.47 Å². The Labute approximate surface area is 223 Å². The summed E-state index contributed by atoms with van der Waals surface area (Å²) in [7, 11) is -2.81. The highest BCUT2D eigenvalue weighted by molar-refractivity contribution is 7.85. The maximum absolute atomic E-state index is 12.1. The summed E-state index contributed by atoms with van der Waals surface area (Å²) in [5.41, 5.74) is 4.16. The Balaban J connectivity index is 2.07. The molecule has 206 valence electrons. The summed E-state index contributed by atoms with van der Waals surface area (Å²) in [6.45, 7) is 12.6. The van der Waals surface area contributed by atoms with E-state index in [1.165, 1.54) is 11.1 Å². The van der Waals surface area contributed by atoms with Gasteiger partial charge in [0, 0.05) is 5.56 Å². The molecule has 2 atom stereocenters. The van der Waals surface area contributed by atoms with E-state index in [4.69, 9.17) is 22.8 Å². The molecule has 0 saturated carbocycles. The van der Waals surface area contributed by atoms with E-state index in [0.29, 0.717) is 11.5 Å². The molecule has 0 saturated heterocycles. The Morgan fingerprint density at radius 1 is 1.00 bits per heavy atom. The van der Waals surface area contributed by atoms with Gasteiger partial charge in [-0.25, -0.2) is 0 Å². The van der Waals surface area contributed by atoms with Gasteiger partial charge in [0.15, 0.2) is 8.32 Å². The molecule has 37 heavy (non-hydrogen) atoms. The summed E-state index contributed by atoms with van der Waals surface area (Å²) in [4.78, 5) is 0. The second kappa shape index (κ2) is 11.5. The first-order valence-corrected chi connectivity index (χ1v) is 17.3. The minimum absolute atomic E-state index is 0.0873. The van der Waals surface area contributed by atoms with Crippen LogP contribution in [0.1, 0.15) is 49.1 Å². The molecule has 0 aromatic heterocycles. The SMILES string of the molecule is COc1cc([C@@H](O[Si](C)(C)C(C)(C)C)[C@H](COS(C)(=O)=O)OC2Cc3ccccc3C2)cc(OC)c1C. The van der Waals surface area contributed by atoms with Gasteiger partial charge in [-0.3, -0.25) is 4.18 Å². The van der Waals surface area contributed by atoms with Crippen LogP contribution >= 0.6 is 0 Å². The van der Waals surface area contributed by atoms with Crippen molar-refractivity contribution in [2.45, 2.75) is 77.0 Å². The normalized spacial score (nSPS) is 16.4. The lowest BCUT2D eigenvalue weighted by Crippen LogP contribution is -2.46. The van der Waals surface area contributed by atoms with Gasteiger partial charge in [-0.2, -0.15) is 8.42 Å². The standard InChI is InChI=1S/C28H42O7SSi/c1-19-24(31-5)16-22(17-25(19)32-6)27(35-37(8,9)28(2,3)4)26(18-33-36(7,29)30)34-23-14-20-12-10-11-13-21(20)15-23/h10-13,16-17,23,26-27H,14-15,18H2,1-9H3/t26-,27+/m0/s1. The largest absolute Gasteiger partial charge is 0.496 e. The maximum atomic E-state index is 12.1. The van der Waals surface area contributed by atoms with Crippen molar-refractivity contribution in [2.75, 3.05) is 27.1 Å². The number of benzene rings is 2. The van der Waals surface area contributed by atoms with E-state index in [2.05, 4.69) is 46.0 Å². The monoisotopic (exact) mass is 550 g/mol. The maximum Gasteiger partial charge on any atom is 0.264 e. The molecule has 2 aromatic carbocycles. The lowest BCUT2D eigenvalue weighted by molar-refractivity contribution is -0.0864. The molecule has 9 heteroatoms. The van der Waals surface area contributed by atoms with E-state index in [0.717, 1.165) is 30.2 Å². The summed E-state index contributed by atoms with van der Waals surface area (Å²) in [6, 6.07) is 12.1. The van der Waals surface area contributed by atoms with Gasteiger partial charge in [0.1, 0.15) is 17.6 Å². The quantitative estimate of drug-likeness (QED) is 0.266. The van der Waals surface area contributed by atoms with Gasteiger partial charge in [0.05, 0.1) is 39.3 Å². The van der Waals surface area contributed by atoms with Gasteiger partial charge in [-0.15, -0.1) is 0 Å². The fraction of sp³-hybridized carbons (Fsp3) is 0.571. The summed E-state index contributed by atoms with van der Waals surface area (Å²) in [5, 5.41) is -0.0873. The highest BCUT2D eigenvalue weighted by Crippen LogP contribution is 2.43. The second-order valence-electron chi connectivity index (χ2n) is 11.3. The van der Waals surface area contributed by atoms with Crippen LogP contribution in [0.2, 0.25) is 18.1 Å². The third kappa shape index (κ3) is 7.35. The Morgan fingerprint density at radius 2 is 1.51 bits per heavy atom. The predicted molar refractivity (Wildman–Crippen MR) is 149 cm³/mol. The van der Waals surface area contributed by atoms with Crippen molar-refractivity contribution in [3.8, 4) is 11.5 Å². The molecular formula is C28H42O7SSi. The molecule has 1 aliphatic carbocycles. The third-order valence-corrected chi connectivity index (χ3v) is 12.5. The van der Waals surface area contributed by atoms with E-state index in [1.54, 1.807) is 14.2 Å². The van der Waals surface area contributed by atoms with Crippen molar-refractivity contribution in [3.63, 3.8) is 0 Å². The van der Waals surface area contributed by atoms with Crippen molar-refractivity contribution in [3.05, 3.63) is 58.7 Å². The molecule has 0 aliphatic heterocycles.